The lowest BCUT2D eigenvalue weighted by Gasteiger charge is -2.61. The molecule has 4 aromatic rings. The summed E-state index contributed by atoms with van der Waals surface area (Å²) in [6, 6.07) is 16.9. The van der Waals surface area contributed by atoms with E-state index in [9.17, 15) is 9.90 Å². The Kier molecular flexibility index (Phi) is 7.68. The number of ketones is 1. The van der Waals surface area contributed by atoms with E-state index in [1.54, 1.807) is 18.4 Å². The van der Waals surface area contributed by atoms with Gasteiger partial charge in [-0.1, -0.05) is 76.2 Å². The number of fused-ring (bicyclic) bond motifs is 7. The minimum absolute atomic E-state index is 0.104. The van der Waals surface area contributed by atoms with Gasteiger partial charge in [-0.05, 0) is 109 Å². The highest BCUT2D eigenvalue weighted by Crippen LogP contribution is 2.68. The molecule has 0 amide bonds. The third kappa shape index (κ3) is 4.76. The highest BCUT2D eigenvalue weighted by molar-refractivity contribution is 8.01. The Morgan fingerprint density at radius 1 is 1.12 bits per heavy atom. The van der Waals surface area contributed by atoms with Crippen molar-refractivity contribution in [3.8, 4) is 5.69 Å². The molecule has 0 aliphatic heterocycles. The van der Waals surface area contributed by atoms with Gasteiger partial charge in [0, 0.05) is 12.5 Å². The molecule has 2 aromatic carbocycles. The summed E-state index contributed by atoms with van der Waals surface area (Å²) < 4.78 is 10.5. The second-order valence-corrected chi connectivity index (χ2v) is 18.5. The molecule has 8 rings (SSSR count). The number of aliphatic hydroxyl groups is 1. The van der Waals surface area contributed by atoms with Crippen LogP contribution in [0.2, 0.25) is 0 Å². The van der Waals surface area contributed by atoms with Crippen molar-refractivity contribution >= 4 is 45.2 Å². The van der Waals surface area contributed by atoms with Gasteiger partial charge in [0.25, 0.3) is 0 Å². The molecule has 252 valence electrons. The van der Waals surface area contributed by atoms with Gasteiger partial charge in [0.15, 0.2) is 10.1 Å². The predicted molar refractivity (Wildman–Crippen MR) is 195 cm³/mol. The zero-order valence-electron chi connectivity index (χ0n) is 29.0. The van der Waals surface area contributed by atoms with Crippen LogP contribution < -0.4 is 0 Å². The number of carbonyl (C=O) groups excluding carboxylic acids is 1. The van der Waals surface area contributed by atoms with E-state index >= 15 is 0 Å². The number of allylic oxidation sites excluding steroid dienone is 1. The van der Waals surface area contributed by atoms with Gasteiger partial charge in [-0.3, -0.25) is 4.79 Å². The number of Topliss-reactive ketones (excluding diaryl/α,β-unsaturated/α-hetero) is 1. The van der Waals surface area contributed by atoms with E-state index in [2.05, 4.69) is 75.7 Å². The molecule has 4 aliphatic rings. The van der Waals surface area contributed by atoms with E-state index in [-0.39, 0.29) is 22.5 Å². The smallest absolute Gasteiger partial charge is 0.175 e. The quantitative estimate of drug-likeness (QED) is 0.205. The summed E-state index contributed by atoms with van der Waals surface area (Å²) in [6.07, 6.45) is 9.08. The second kappa shape index (κ2) is 11.4. The van der Waals surface area contributed by atoms with Crippen molar-refractivity contribution in [2.75, 3.05) is 12.9 Å². The molecule has 0 bridgehead atoms. The molecule has 48 heavy (non-hydrogen) atoms. The number of hydrogen-bond acceptors (Lipinski definition) is 7. The van der Waals surface area contributed by atoms with Gasteiger partial charge in [-0.25, -0.2) is 9.67 Å². The summed E-state index contributed by atoms with van der Waals surface area (Å²) in [5.41, 5.74) is 5.88. The Morgan fingerprint density at radius 3 is 2.62 bits per heavy atom. The maximum Gasteiger partial charge on any atom is 0.175 e. The molecule has 0 saturated heterocycles. The van der Waals surface area contributed by atoms with Crippen LogP contribution in [0.4, 0.5) is 0 Å². The maximum absolute atomic E-state index is 14.3. The Bertz CT molecular complexity index is 1890. The summed E-state index contributed by atoms with van der Waals surface area (Å²) >= 11 is 3.17. The number of aliphatic hydroxyl groups excluding tert-OH is 1. The molecule has 3 fully saturated rings. The second-order valence-electron chi connectivity index (χ2n) is 16.3. The fourth-order valence-electron chi connectivity index (χ4n) is 10.5. The van der Waals surface area contributed by atoms with E-state index in [0.717, 1.165) is 45.9 Å². The number of aromatic nitrogens is 3. The lowest BCUT2D eigenvalue weighted by Crippen LogP contribution is -2.62. The molecule has 1 N–H and O–H groups in total. The van der Waals surface area contributed by atoms with E-state index in [1.165, 1.54) is 34.2 Å². The number of rotatable bonds is 6. The lowest BCUT2D eigenvalue weighted by molar-refractivity contribution is -0.185. The average Bonchev–Trinajstić information content (AvgIpc) is 3.74. The number of methoxy groups -OCH3 is 1. The Hall–Kier alpha value is -2.78. The van der Waals surface area contributed by atoms with Crippen LogP contribution >= 0.6 is 23.1 Å². The SMILES string of the molecule is COC1(C(=O)CSc2nc3ccccc3s2)CCC2C3CCC4=Cc5c(cnn5-c5ccc(C(C)(C)C)cc5)CC4(C)C3C(O)CC21C. The van der Waals surface area contributed by atoms with Crippen molar-refractivity contribution in [1.29, 1.82) is 0 Å². The number of benzene rings is 2. The summed E-state index contributed by atoms with van der Waals surface area (Å²) in [5, 5.41) is 17.1. The van der Waals surface area contributed by atoms with Gasteiger partial charge < -0.3 is 9.84 Å². The zero-order chi connectivity index (χ0) is 33.6. The number of ether oxygens (including phenoxy) is 1. The van der Waals surface area contributed by atoms with Crippen LogP contribution in [0.3, 0.4) is 0 Å². The van der Waals surface area contributed by atoms with Gasteiger partial charge in [-0.15, -0.1) is 11.3 Å². The Labute approximate surface area is 292 Å². The van der Waals surface area contributed by atoms with Gasteiger partial charge in [0.1, 0.15) is 5.60 Å². The number of hydrogen-bond donors (Lipinski definition) is 1. The molecule has 6 nitrogen and oxygen atoms in total. The summed E-state index contributed by atoms with van der Waals surface area (Å²) in [6.45, 7) is 11.4. The van der Waals surface area contributed by atoms with Crippen molar-refractivity contribution in [1.82, 2.24) is 14.8 Å². The number of nitrogens with zero attached hydrogens (tertiary/aromatic N) is 3. The third-order valence-corrected chi connectivity index (χ3v) is 15.1. The molecule has 2 aromatic heterocycles. The Morgan fingerprint density at radius 2 is 1.90 bits per heavy atom. The van der Waals surface area contributed by atoms with Gasteiger partial charge >= 0.3 is 0 Å². The number of para-hydroxylation sites is 1. The molecule has 7 atom stereocenters. The minimum Gasteiger partial charge on any atom is -0.393 e. The van der Waals surface area contributed by atoms with Gasteiger partial charge in [0.05, 0.1) is 39.7 Å². The van der Waals surface area contributed by atoms with E-state index < -0.39 is 17.1 Å². The maximum atomic E-state index is 14.3. The monoisotopic (exact) mass is 681 g/mol. The average molecular weight is 682 g/mol. The molecule has 7 unspecified atom stereocenters. The molecular weight excluding hydrogens is 635 g/mol. The first kappa shape index (κ1) is 32.4. The van der Waals surface area contributed by atoms with Crippen molar-refractivity contribution in [3.05, 3.63) is 77.1 Å². The van der Waals surface area contributed by atoms with Crippen LogP contribution in [-0.4, -0.2) is 50.2 Å². The van der Waals surface area contributed by atoms with Crippen LogP contribution in [0.15, 0.2) is 64.6 Å². The van der Waals surface area contributed by atoms with Crippen LogP contribution in [0.5, 0.6) is 0 Å². The third-order valence-electron chi connectivity index (χ3n) is 12.9. The molecule has 3 saturated carbocycles. The molecular formula is C40H47N3O3S2. The highest BCUT2D eigenvalue weighted by atomic mass is 32.2. The Balaban J connectivity index is 1.05. The molecule has 2 heterocycles. The normalized spacial score (nSPS) is 32.7. The first-order valence-corrected chi connectivity index (χ1v) is 19.3. The van der Waals surface area contributed by atoms with Crippen molar-refractivity contribution in [3.63, 3.8) is 0 Å². The van der Waals surface area contributed by atoms with Crippen molar-refractivity contribution < 1.29 is 14.6 Å². The molecule has 0 spiro atoms. The summed E-state index contributed by atoms with van der Waals surface area (Å²) in [4.78, 5) is 19.0. The van der Waals surface area contributed by atoms with Crippen molar-refractivity contribution in [2.24, 2.45) is 28.6 Å². The van der Waals surface area contributed by atoms with Crippen LogP contribution in [0, 0.1) is 28.6 Å². The van der Waals surface area contributed by atoms with Crippen LogP contribution in [0.1, 0.15) is 83.5 Å². The number of thioether (sulfide) groups is 1. The van der Waals surface area contributed by atoms with Crippen molar-refractivity contribution in [2.45, 2.75) is 94.6 Å². The van der Waals surface area contributed by atoms with Gasteiger partial charge in [-0.2, -0.15) is 5.10 Å². The lowest BCUT2D eigenvalue weighted by atomic mass is 9.45. The summed E-state index contributed by atoms with van der Waals surface area (Å²) in [5.74, 6) is 1.27. The van der Waals surface area contributed by atoms with Crippen LogP contribution in [0.25, 0.3) is 22.0 Å². The molecule has 8 heteroatoms. The first-order chi connectivity index (χ1) is 22.9. The standard InChI is InChI=1S/C40H47N3O3S2/c1-37(2,3)25-11-14-27(15-12-25)43-31-19-26-13-16-28-29-17-18-40(46-6,34(45)23-47-36-42-30-9-7-8-10-33(30)48-36)39(29,5)21-32(44)35(28)38(26,4)20-24(31)22-41-43/h7-12,14-15,19,22,28-29,32,35,44H,13,16-18,20-21,23H2,1-6H3. The fourth-order valence-corrected chi connectivity index (χ4v) is 12.6. The number of carbonyl (C=O) groups is 1. The van der Waals surface area contributed by atoms with E-state index in [1.807, 2.05) is 24.4 Å². The van der Waals surface area contributed by atoms with Gasteiger partial charge in [0.2, 0.25) is 0 Å². The van der Waals surface area contributed by atoms with E-state index in [4.69, 9.17) is 14.8 Å². The van der Waals surface area contributed by atoms with E-state index in [0.29, 0.717) is 30.4 Å². The minimum atomic E-state index is -0.895. The fraction of sp³-hybridized carbons (Fsp3) is 0.525. The summed E-state index contributed by atoms with van der Waals surface area (Å²) in [7, 11) is 1.71. The molecule has 0 radical (unpaired) electrons. The van der Waals surface area contributed by atoms with Crippen LogP contribution in [-0.2, 0) is 21.4 Å². The highest BCUT2D eigenvalue weighted by Gasteiger charge is 2.69. The first-order valence-electron chi connectivity index (χ1n) is 17.5. The largest absolute Gasteiger partial charge is 0.393 e. The predicted octanol–water partition coefficient (Wildman–Crippen LogP) is 8.68. The zero-order valence-corrected chi connectivity index (χ0v) is 30.6. The number of thiazole rings is 1. The topological polar surface area (TPSA) is 77.2 Å². The molecule has 4 aliphatic carbocycles.